The number of fused-ring (bicyclic) bond motifs is 6. The molecule has 354 valence electrons. The maximum absolute atomic E-state index is 12.2. The summed E-state index contributed by atoms with van der Waals surface area (Å²) in [4.78, 5) is 5.32. The van der Waals surface area contributed by atoms with Gasteiger partial charge >= 0.3 is 0 Å². The molecular weight excluding hydrogens is 921 g/mol. The Bertz CT molecular complexity index is 4510. The van der Waals surface area contributed by atoms with Crippen LogP contribution < -0.4 is 0 Å². The first-order valence-corrected chi connectivity index (χ1v) is 25.8. The molecular formula is C72H46N4. The molecule has 14 aromatic rings. The number of hydrogen-bond acceptors (Lipinski definition) is 2. The van der Waals surface area contributed by atoms with Gasteiger partial charge in [-0.05, 0) is 92.5 Å². The predicted molar refractivity (Wildman–Crippen MR) is 316 cm³/mol. The molecule has 76 heavy (non-hydrogen) atoms. The lowest BCUT2D eigenvalue weighted by Gasteiger charge is -2.21. The minimum Gasteiger partial charge on any atom is -0.308 e. The van der Waals surface area contributed by atoms with Crippen LogP contribution in [0.1, 0.15) is 5.56 Å². The molecule has 0 unspecified atom stereocenters. The summed E-state index contributed by atoms with van der Waals surface area (Å²) >= 11 is 0. The molecule has 0 aliphatic heterocycles. The van der Waals surface area contributed by atoms with Crippen molar-refractivity contribution < 1.29 is 0 Å². The third-order valence-corrected chi connectivity index (χ3v) is 15.0. The summed E-state index contributed by atoms with van der Waals surface area (Å²) in [6, 6.07) is 102. The van der Waals surface area contributed by atoms with E-state index in [4.69, 9.17) is 4.98 Å². The summed E-state index contributed by atoms with van der Waals surface area (Å²) in [5.41, 5.74) is 20.9. The van der Waals surface area contributed by atoms with Gasteiger partial charge in [0.2, 0.25) is 0 Å². The highest BCUT2D eigenvalue weighted by Crippen LogP contribution is 2.47. The Kier molecular flexibility index (Phi) is 10.9. The summed E-state index contributed by atoms with van der Waals surface area (Å²) in [6.45, 7) is 0. The predicted octanol–water partition coefficient (Wildman–Crippen LogP) is 18.8. The van der Waals surface area contributed by atoms with Gasteiger partial charge < -0.3 is 9.13 Å². The first kappa shape index (κ1) is 44.4. The minimum absolute atomic E-state index is 0.548. The molecule has 14 rings (SSSR count). The lowest BCUT2D eigenvalue weighted by atomic mass is 9.92. The van der Waals surface area contributed by atoms with Crippen molar-refractivity contribution in [3.8, 4) is 95.6 Å². The van der Waals surface area contributed by atoms with Gasteiger partial charge in [0.15, 0.2) is 0 Å². The number of aromatic nitrogens is 3. The van der Waals surface area contributed by atoms with Crippen molar-refractivity contribution in [2.24, 2.45) is 0 Å². The SMILES string of the molecule is N#Cc1c(-n2c3ccccc3c3c(-c4ccccc4-c4ccccc4)cccc32)ccc(-c2cc(-c3ccccc3)nc(-c3ccccc3)c2)c1-n1c2ccccc2c2c(-c3ccccc3-c3ccccc3)cccc21. The van der Waals surface area contributed by atoms with Gasteiger partial charge in [0.05, 0.1) is 44.8 Å². The Balaban J connectivity index is 1.10. The molecule has 0 aliphatic carbocycles. The fraction of sp³-hybridized carbons (Fsp3) is 0. The Hall–Kier alpha value is -10.3. The zero-order valence-corrected chi connectivity index (χ0v) is 41.3. The van der Waals surface area contributed by atoms with Crippen LogP contribution in [0, 0.1) is 11.3 Å². The number of nitrogens with zero attached hydrogens (tertiary/aromatic N) is 4. The van der Waals surface area contributed by atoms with Crippen LogP contribution in [0.2, 0.25) is 0 Å². The van der Waals surface area contributed by atoms with E-state index < -0.39 is 0 Å². The van der Waals surface area contributed by atoms with Crippen LogP contribution >= 0.6 is 0 Å². The standard InChI is InChI=1S/C72H46N4/c73-47-62-67(75-65-39-19-17-35-60(65)70-58(37-21-41-68(70)75)56-33-15-13-31-53(56)48-23-5-1-6-24-48)44-43-55(52-45-63(50-27-9-3-10-28-50)74-64(46-52)51-29-11-4-12-30-51)72(62)76-66-40-20-18-36-61(66)71-59(38-22-42-69(71)76)57-34-16-14-32-54(57)49-25-7-2-8-26-49/h1-46H. The highest BCUT2D eigenvalue weighted by Gasteiger charge is 2.27. The van der Waals surface area contributed by atoms with Crippen LogP contribution in [0.4, 0.5) is 0 Å². The van der Waals surface area contributed by atoms with Crippen LogP contribution in [-0.2, 0) is 0 Å². The van der Waals surface area contributed by atoms with Gasteiger partial charge in [-0.1, -0.05) is 237 Å². The average Bonchev–Trinajstić information content (AvgIpc) is 4.04. The van der Waals surface area contributed by atoms with Gasteiger partial charge in [0.1, 0.15) is 11.6 Å². The van der Waals surface area contributed by atoms with Gasteiger partial charge in [-0.25, -0.2) is 4.98 Å². The highest BCUT2D eigenvalue weighted by molar-refractivity contribution is 6.19. The van der Waals surface area contributed by atoms with E-state index in [0.29, 0.717) is 5.56 Å². The van der Waals surface area contributed by atoms with Crippen molar-refractivity contribution in [2.45, 2.75) is 0 Å². The van der Waals surface area contributed by atoms with E-state index in [9.17, 15) is 5.26 Å². The van der Waals surface area contributed by atoms with Gasteiger partial charge in [-0.15, -0.1) is 0 Å². The smallest absolute Gasteiger partial charge is 0.104 e. The summed E-state index contributed by atoms with van der Waals surface area (Å²) in [7, 11) is 0. The van der Waals surface area contributed by atoms with Gasteiger partial charge in [-0.3, -0.25) is 0 Å². The number of para-hydroxylation sites is 2. The normalized spacial score (nSPS) is 11.4. The molecule has 3 aromatic heterocycles. The van der Waals surface area contributed by atoms with Gasteiger partial charge in [0.25, 0.3) is 0 Å². The zero-order chi connectivity index (χ0) is 50.5. The molecule has 0 atom stereocenters. The molecule has 0 bridgehead atoms. The van der Waals surface area contributed by atoms with Crippen molar-refractivity contribution in [3.63, 3.8) is 0 Å². The van der Waals surface area contributed by atoms with Gasteiger partial charge in [0, 0.05) is 38.2 Å². The summed E-state index contributed by atoms with van der Waals surface area (Å²) in [5.74, 6) is 0. The molecule has 0 radical (unpaired) electrons. The van der Waals surface area contributed by atoms with Crippen molar-refractivity contribution in [1.29, 1.82) is 5.26 Å². The maximum Gasteiger partial charge on any atom is 0.104 e. The minimum atomic E-state index is 0.548. The first-order valence-electron chi connectivity index (χ1n) is 25.8. The zero-order valence-electron chi connectivity index (χ0n) is 41.3. The molecule has 11 aromatic carbocycles. The number of rotatable bonds is 9. The molecule has 0 N–H and O–H groups in total. The van der Waals surface area contributed by atoms with Gasteiger partial charge in [-0.2, -0.15) is 5.26 Å². The second-order valence-corrected chi connectivity index (χ2v) is 19.3. The molecule has 0 aliphatic rings. The Labute approximate surface area is 440 Å². The third-order valence-electron chi connectivity index (χ3n) is 15.0. The van der Waals surface area contributed by atoms with Crippen LogP contribution in [0.15, 0.2) is 279 Å². The summed E-state index contributed by atoms with van der Waals surface area (Å²) in [5, 5.41) is 16.7. The quantitative estimate of drug-likeness (QED) is 0.145. The van der Waals surface area contributed by atoms with Crippen LogP contribution in [-0.4, -0.2) is 14.1 Å². The van der Waals surface area contributed by atoms with E-state index in [1.807, 2.05) is 12.1 Å². The molecule has 3 heterocycles. The van der Waals surface area contributed by atoms with E-state index >= 15 is 0 Å². The summed E-state index contributed by atoms with van der Waals surface area (Å²) in [6.07, 6.45) is 0. The number of pyridine rings is 1. The van der Waals surface area contributed by atoms with E-state index in [-0.39, 0.29) is 0 Å². The number of benzene rings is 11. The van der Waals surface area contributed by atoms with Crippen LogP contribution in [0.5, 0.6) is 0 Å². The van der Waals surface area contributed by atoms with Crippen LogP contribution in [0.3, 0.4) is 0 Å². The Morgan fingerprint density at radius 3 is 1.16 bits per heavy atom. The maximum atomic E-state index is 12.2. The largest absolute Gasteiger partial charge is 0.308 e. The Morgan fingerprint density at radius 1 is 0.289 bits per heavy atom. The van der Waals surface area contributed by atoms with E-state index in [1.165, 1.54) is 0 Å². The molecule has 0 fully saturated rings. The molecule has 4 heteroatoms. The van der Waals surface area contributed by atoms with E-state index in [1.54, 1.807) is 0 Å². The van der Waals surface area contributed by atoms with Crippen LogP contribution in [0.25, 0.3) is 133 Å². The van der Waals surface area contributed by atoms with Crippen molar-refractivity contribution in [3.05, 3.63) is 285 Å². The van der Waals surface area contributed by atoms with E-state index in [2.05, 4.69) is 282 Å². The molecule has 0 amide bonds. The second kappa shape index (κ2) is 18.6. The number of hydrogen-bond donors (Lipinski definition) is 0. The van der Waals surface area contributed by atoms with E-state index in [0.717, 1.165) is 133 Å². The van der Waals surface area contributed by atoms with Crippen molar-refractivity contribution in [1.82, 2.24) is 14.1 Å². The molecule has 0 saturated carbocycles. The third kappa shape index (κ3) is 7.33. The second-order valence-electron chi connectivity index (χ2n) is 19.3. The fourth-order valence-corrected chi connectivity index (χ4v) is 11.7. The van der Waals surface area contributed by atoms with Crippen molar-refractivity contribution >= 4 is 43.6 Å². The van der Waals surface area contributed by atoms with Crippen molar-refractivity contribution in [2.75, 3.05) is 0 Å². The summed E-state index contributed by atoms with van der Waals surface area (Å²) < 4.78 is 4.68. The lowest BCUT2D eigenvalue weighted by molar-refractivity contribution is 1.12. The topological polar surface area (TPSA) is 46.5 Å². The monoisotopic (exact) mass is 966 g/mol. The first-order chi connectivity index (χ1) is 37.7. The molecule has 4 nitrogen and oxygen atoms in total. The molecule has 0 spiro atoms. The average molecular weight is 967 g/mol. The Morgan fingerprint density at radius 2 is 0.671 bits per heavy atom. The fourth-order valence-electron chi connectivity index (χ4n) is 11.7. The lowest BCUT2D eigenvalue weighted by Crippen LogP contribution is -2.06. The number of nitriles is 1. The highest BCUT2D eigenvalue weighted by atomic mass is 15.0. The molecule has 0 saturated heterocycles.